The summed E-state index contributed by atoms with van der Waals surface area (Å²) in [5.74, 6) is -1.62. The van der Waals surface area contributed by atoms with Crippen molar-refractivity contribution in [3.05, 3.63) is 20.9 Å². The second-order valence-electron chi connectivity index (χ2n) is 4.21. The molecule has 3 amide bonds. The molecular formula is C11H10Cl3N4O4+. The number of anilines is 1. The number of pyridine rings is 1. The summed E-state index contributed by atoms with van der Waals surface area (Å²) in [6.45, 7) is -0.0696. The number of carbonyl (C=O) groups is 3. The van der Waals surface area contributed by atoms with Crippen LogP contribution in [0.2, 0.25) is 15.2 Å². The number of nitrogens with two attached hydrogens (primary N) is 1. The largest absolute Gasteiger partial charge is 0.448 e. The Morgan fingerprint density at radius 2 is 2.00 bits per heavy atom. The molecule has 0 atom stereocenters. The fourth-order valence-electron chi connectivity index (χ4n) is 1.70. The van der Waals surface area contributed by atoms with Crippen molar-refractivity contribution in [3.8, 4) is 0 Å². The Kier molecular flexibility index (Phi) is 4.94. The molecule has 1 aromatic rings. The normalized spacial score (nSPS) is 14.0. The van der Waals surface area contributed by atoms with Gasteiger partial charge in [-0.2, -0.15) is 4.98 Å². The van der Waals surface area contributed by atoms with E-state index in [-0.39, 0.29) is 33.1 Å². The SMILES string of the molecule is Nc1c(Cl)c(Cl)[nH+]c(C(=O)OCC(=O)N2CCNC2=O)c1Cl. The van der Waals surface area contributed by atoms with Crippen LogP contribution in [0.3, 0.4) is 0 Å². The van der Waals surface area contributed by atoms with Gasteiger partial charge in [0.2, 0.25) is 0 Å². The molecule has 1 aliphatic rings. The van der Waals surface area contributed by atoms with E-state index in [9.17, 15) is 14.4 Å². The number of nitrogen functional groups attached to an aromatic ring is 1. The third-order valence-electron chi connectivity index (χ3n) is 2.81. The van der Waals surface area contributed by atoms with E-state index in [4.69, 9.17) is 45.3 Å². The van der Waals surface area contributed by atoms with Crippen molar-refractivity contribution in [2.24, 2.45) is 0 Å². The van der Waals surface area contributed by atoms with Gasteiger partial charge in [0.1, 0.15) is 10.0 Å². The summed E-state index contributed by atoms with van der Waals surface area (Å²) in [4.78, 5) is 38.3. The maximum atomic E-state index is 11.9. The Bertz CT molecular complexity index is 667. The van der Waals surface area contributed by atoms with Gasteiger partial charge in [0.15, 0.2) is 6.61 Å². The standard InChI is InChI=1S/C11H9Cl3N4O4/c12-5-7(15)6(13)9(14)17-8(5)10(20)22-3-4(19)18-2-1-16-11(18)21/h1-3H2,(H2,15,17)(H,16,21)/p+1. The van der Waals surface area contributed by atoms with E-state index >= 15 is 0 Å². The summed E-state index contributed by atoms with van der Waals surface area (Å²) in [6, 6.07) is -0.538. The second kappa shape index (κ2) is 6.55. The van der Waals surface area contributed by atoms with E-state index < -0.39 is 24.5 Å². The molecule has 0 aromatic carbocycles. The van der Waals surface area contributed by atoms with Crippen molar-refractivity contribution in [3.63, 3.8) is 0 Å². The average Bonchev–Trinajstić information content (AvgIpc) is 2.92. The first kappa shape index (κ1) is 16.6. The van der Waals surface area contributed by atoms with Crippen LogP contribution in [0.15, 0.2) is 0 Å². The van der Waals surface area contributed by atoms with Gasteiger partial charge in [-0.05, 0) is 11.6 Å². The number of carbonyl (C=O) groups excluding carboxylic acids is 3. The van der Waals surface area contributed by atoms with E-state index in [0.29, 0.717) is 6.54 Å². The number of hydrogen-bond donors (Lipinski definition) is 2. The first-order chi connectivity index (χ1) is 10.3. The quantitative estimate of drug-likeness (QED) is 0.603. The lowest BCUT2D eigenvalue weighted by atomic mass is 10.3. The first-order valence-electron chi connectivity index (χ1n) is 5.93. The lowest BCUT2D eigenvalue weighted by Gasteiger charge is -2.11. The Morgan fingerprint density at radius 1 is 1.32 bits per heavy atom. The highest BCUT2D eigenvalue weighted by Crippen LogP contribution is 2.32. The molecule has 1 fully saturated rings. The highest BCUT2D eigenvalue weighted by Gasteiger charge is 2.30. The van der Waals surface area contributed by atoms with Gasteiger partial charge in [-0.3, -0.25) is 9.69 Å². The molecule has 11 heteroatoms. The van der Waals surface area contributed by atoms with E-state index in [1.807, 2.05) is 0 Å². The van der Waals surface area contributed by atoms with Crippen LogP contribution in [0.5, 0.6) is 0 Å². The zero-order chi connectivity index (χ0) is 16.4. The Balaban J connectivity index is 2.07. The van der Waals surface area contributed by atoms with Gasteiger partial charge in [0.25, 0.3) is 11.1 Å². The van der Waals surface area contributed by atoms with Gasteiger partial charge < -0.3 is 15.8 Å². The van der Waals surface area contributed by atoms with E-state index in [1.54, 1.807) is 0 Å². The number of urea groups is 1. The van der Waals surface area contributed by atoms with Crippen molar-refractivity contribution in [1.29, 1.82) is 0 Å². The summed E-state index contributed by atoms with van der Waals surface area (Å²) in [6.07, 6.45) is 0. The molecule has 118 valence electrons. The topological polar surface area (TPSA) is 116 Å². The third-order valence-corrected chi connectivity index (χ3v) is 3.97. The van der Waals surface area contributed by atoms with Gasteiger partial charge in [0.05, 0.1) is 5.69 Å². The number of aromatic nitrogens is 1. The minimum Gasteiger partial charge on any atom is -0.448 e. The number of ether oxygens (including phenoxy) is 1. The molecule has 8 nitrogen and oxygen atoms in total. The monoisotopic (exact) mass is 367 g/mol. The number of imide groups is 1. The second-order valence-corrected chi connectivity index (χ2v) is 5.34. The van der Waals surface area contributed by atoms with E-state index in [0.717, 1.165) is 4.90 Å². The zero-order valence-electron chi connectivity index (χ0n) is 10.9. The molecule has 0 aliphatic carbocycles. The fourth-order valence-corrected chi connectivity index (χ4v) is 2.30. The molecule has 1 aliphatic heterocycles. The van der Waals surface area contributed by atoms with Crippen LogP contribution in [0.1, 0.15) is 10.5 Å². The van der Waals surface area contributed by atoms with Crippen molar-refractivity contribution < 1.29 is 24.1 Å². The average molecular weight is 369 g/mol. The minimum absolute atomic E-state index is 0.0342. The van der Waals surface area contributed by atoms with Crippen LogP contribution in [0, 0.1) is 0 Å². The predicted molar refractivity (Wildman–Crippen MR) is 77.8 cm³/mol. The minimum atomic E-state index is -0.955. The van der Waals surface area contributed by atoms with Crippen LogP contribution in [0.4, 0.5) is 10.5 Å². The van der Waals surface area contributed by atoms with Crippen molar-refractivity contribution in [1.82, 2.24) is 10.2 Å². The number of halogens is 3. The number of aromatic amines is 1. The lowest BCUT2D eigenvalue weighted by Crippen LogP contribution is -2.37. The highest BCUT2D eigenvalue weighted by molar-refractivity contribution is 6.45. The van der Waals surface area contributed by atoms with E-state index in [1.165, 1.54) is 0 Å². The van der Waals surface area contributed by atoms with Crippen molar-refractivity contribution >= 4 is 58.4 Å². The first-order valence-corrected chi connectivity index (χ1v) is 7.07. The maximum absolute atomic E-state index is 11.9. The Labute approximate surface area is 139 Å². The molecule has 1 saturated heterocycles. The predicted octanol–water partition coefficient (Wildman–Crippen LogP) is 0.752. The number of hydrogen-bond acceptors (Lipinski definition) is 5. The Hall–Kier alpha value is -1.77. The van der Waals surface area contributed by atoms with Crippen LogP contribution < -0.4 is 16.0 Å². The zero-order valence-corrected chi connectivity index (χ0v) is 13.2. The third kappa shape index (κ3) is 3.18. The highest BCUT2D eigenvalue weighted by atomic mass is 35.5. The van der Waals surface area contributed by atoms with E-state index in [2.05, 4.69) is 10.3 Å². The van der Waals surface area contributed by atoms with Crippen molar-refractivity contribution in [2.75, 3.05) is 25.4 Å². The number of amides is 3. The molecule has 0 saturated carbocycles. The summed E-state index contributed by atoms with van der Waals surface area (Å²) >= 11 is 17.4. The molecule has 1 aromatic heterocycles. The number of rotatable bonds is 3. The molecule has 0 bridgehead atoms. The van der Waals surface area contributed by atoms with Crippen molar-refractivity contribution in [2.45, 2.75) is 0 Å². The summed E-state index contributed by atoms with van der Waals surface area (Å²) in [5.41, 5.74) is 5.25. The smallest absolute Gasteiger partial charge is 0.405 e. The molecule has 0 radical (unpaired) electrons. The molecule has 2 rings (SSSR count). The van der Waals surface area contributed by atoms with Gasteiger partial charge in [-0.1, -0.05) is 23.2 Å². The Morgan fingerprint density at radius 3 is 2.59 bits per heavy atom. The number of nitrogens with one attached hydrogen (secondary N) is 2. The van der Waals surface area contributed by atoms with Gasteiger partial charge in [0, 0.05) is 13.1 Å². The number of esters is 1. The van der Waals surface area contributed by atoms with Crippen LogP contribution in [-0.4, -0.2) is 42.5 Å². The molecule has 0 spiro atoms. The summed E-state index contributed by atoms with van der Waals surface area (Å²) in [5, 5.41) is 2.14. The van der Waals surface area contributed by atoms with Gasteiger partial charge >= 0.3 is 17.7 Å². The van der Waals surface area contributed by atoms with Crippen LogP contribution in [-0.2, 0) is 9.53 Å². The number of H-pyrrole nitrogens is 1. The molecular weight excluding hydrogens is 359 g/mol. The molecule has 22 heavy (non-hydrogen) atoms. The molecule has 2 heterocycles. The van der Waals surface area contributed by atoms with Crippen LogP contribution >= 0.6 is 34.8 Å². The van der Waals surface area contributed by atoms with Crippen LogP contribution in [0.25, 0.3) is 0 Å². The summed E-state index contributed by atoms with van der Waals surface area (Å²) < 4.78 is 4.80. The maximum Gasteiger partial charge on any atom is 0.405 e. The lowest BCUT2D eigenvalue weighted by molar-refractivity contribution is -0.380. The fraction of sp³-hybridized carbons (Fsp3) is 0.273. The van der Waals surface area contributed by atoms with Gasteiger partial charge in [-0.15, -0.1) is 0 Å². The molecule has 0 unspecified atom stereocenters. The van der Waals surface area contributed by atoms with Gasteiger partial charge in [-0.25, -0.2) is 9.59 Å². The number of nitrogens with zero attached hydrogens (tertiary/aromatic N) is 1. The summed E-state index contributed by atoms with van der Waals surface area (Å²) in [7, 11) is 0. The molecule has 4 N–H and O–H groups in total.